The van der Waals surface area contributed by atoms with Gasteiger partial charge in [-0.05, 0) is 41.5 Å². The van der Waals surface area contributed by atoms with E-state index in [1.807, 2.05) is 12.3 Å². The minimum Gasteiger partial charge on any atom is -0.398 e. The Balaban J connectivity index is 1.43. The second-order valence-electron chi connectivity index (χ2n) is 7.47. The van der Waals surface area contributed by atoms with Gasteiger partial charge in [0.2, 0.25) is 0 Å². The van der Waals surface area contributed by atoms with Gasteiger partial charge in [0.1, 0.15) is 12.4 Å². The number of aromatic nitrogens is 3. The van der Waals surface area contributed by atoms with Crippen LogP contribution in [0, 0.1) is 11.3 Å². The summed E-state index contributed by atoms with van der Waals surface area (Å²) in [5.41, 5.74) is 18.5. The van der Waals surface area contributed by atoms with Crippen LogP contribution < -0.4 is 11.5 Å². The van der Waals surface area contributed by atoms with Gasteiger partial charge in [-0.25, -0.2) is 9.97 Å². The first-order chi connectivity index (χ1) is 14.6. The van der Waals surface area contributed by atoms with Gasteiger partial charge in [0, 0.05) is 49.1 Å². The largest absolute Gasteiger partial charge is 0.398 e. The molecule has 0 saturated heterocycles. The van der Waals surface area contributed by atoms with Gasteiger partial charge in [-0.2, -0.15) is 5.26 Å². The lowest BCUT2D eigenvalue weighted by Gasteiger charge is -2.21. The van der Waals surface area contributed by atoms with E-state index < -0.39 is 0 Å². The van der Waals surface area contributed by atoms with E-state index in [2.05, 4.69) is 33.6 Å². The van der Waals surface area contributed by atoms with Crippen LogP contribution in [0.1, 0.15) is 33.7 Å². The lowest BCUT2D eigenvalue weighted by molar-refractivity contribution is 0.279. The Bertz CT molecular complexity index is 1110. The molecule has 0 unspecified atom stereocenters. The highest BCUT2D eigenvalue weighted by molar-refractivity contribution is 7.14. The minimum absolute atomic E-state index is 0.381. The fraction of sp³-hybridized carbons (Fsp3) is 0.318. The van der Waals surface area contributed by atoms with E-state index >= 15 is 0 Å². The predicted molar refractivity (Wildman–Crippen MR) is 120 cm³/mol. The molecule has 0 aliphatic heterocycles. The molecule has 0 spiro atoms. The number of allylic oxidation sites excluding steroid dienone is 1. The Morgan fingerprint density at radius 2 is 2.13 bits per heavy atom. The fourth-order valence-electron chi connectivity index (χ4n) is 3.87. The summed E-state index contributed by atoms with van der Waals surface area (Å²) in [6.45, 7) is 7.18. The Morgan fingerprint density at radius 1 is 1.27 bits per heavy atom. The van der Waals surface area contributed by atoms with Crippen molar-refractivity contribution < 1.29 is 0 Å². The molecular formula is C22H25N7S. The van der Waals surface area contributed by atoms with Crippen molar-refractivity contribution in [2.45, 2.75) is 25.8 Å². The molecule has 0 radical (unpaired) electrons. The van der Waals surface area contributed by atoms with Gasteiger partial charge in [0.15, 0.2) is 10.8 Å². The van der Waals surface area contributed by atoms with Crippen molar-refractivity contribution in [1.82, 2.24) is 19.4 Å². The molecule has 2 aromatic heterocycles. The van der Waals surface area contributed by atoms with Gasteiger partial charge < -0.3 is 11.5 Å². The summed E-state index contributed by atoms with van der Waals surface area (Å²) in [6.07, 6.45) is 8.05. The number of benzene rings is 1. The van der Waals surface area contributed by atoms with Crippen molar-refractivity contribution in [2.24, 2.45) is 5.73 Å². The molecule has 3 aromatic rings. The van der Waals surface area contributed by atoms with Crippen LogP contribution in [-0.4, -0.2) is 39.1 Å². The average Bonchev–Trinajstić information content (AvgIpc) is 3.47. The van der Waals surface area contributed by atoms with Gasteiger partial charge >= 0.3 is 0 Å². The van der Waals surface area contributed by atoms with Crippen LogP contribution >= 0.6 is 11.3 Å². The van der Waals surface area contributed by atoms with Crippen LogP contribution in [0.3, 0.4) is 0 Å². The first-order valence-electron chi connectivity index (χ1n) is 9.99. The highest BCUT2D eigenvalue weighted by Gasteiger charge is 2.19. The van der Waals surface area contributed by atoms with Crippen LogP contribution in [0.15, 0.2) is 37.4 Å². The predicted octanol–water partition coefficient (Wildman–Crippen LogP) is 2.75. The molecule has 0 saturated carbocycles. The van der Waals surface area contributed by atoms with E-state index in [1.54, 1.807) is 28.4 Å². The highest BCUT2D eigenvalue weighted by atomic mass is 32.1. The van der Waals surface area contributed by atoms with Crippen molar-refractivity contribution in [3.8, 4) is 11.2 Å². The Labute approximate surface area is 180 Å². The molecular weight excluding hydrogens is 394 g/mol. The smallest absolute Gasteiger partial charge is 0.195 e. The summed E-state index contributed by atoms with van der Waals surface area (Å²) in [6, 6.07) is 6.34. The maximum atomic E-state index is 8.94. The fourth-order valence-corrected chi connectivity index (χ4v) is 4.77. The van der Waals surface area contributed by atoms with Crippen LogP contribution in [-0.2, 0) is 19.4 Å². The SMILES string of the molecule is C=C1CCc2c1ccc(CCN(CCN)Cc1cnc(-n3cnc(C#N)c3)s1)c2N. The zero-order chi connectivity index (χ0) is 21.1. The van der Waals surface area contributed by atoms with Gasteiger partial charge in [0.25, 0.3) is 0 Å². The number of hydrogen-bond acceptors (Lipinski definition) is 7. The molecule has 1 aliphatic carbocycles. The number of nitriles is 1. The standard InChI is InChI=1S/C22H25N7S/c1-15-2-4-20-19(15)5-3-16(21(20)25)6-8-28(9-7-23)13-18-11-26-22(30-18)29-12-17(10-24)27-14-29/h3,5,11-12,14H,1-2,4,6-9,13,23,25H2. The maximum Gasteiger partial charge on any atom is 0.195 e. The molecule has 1 aromatic carbocycles. The molecule has 0 atom stereocenters. The summed E-state index contributed by atoms with van der Waals surface area (Å²) in [5.74, 6) is 0. The number of thiazole rings is 1. The van der Waals surface area contributed by atoms with Crippen molar-refractivity contribution >= 4 is 22.6 Å². The zero-order valence-electron chi connectivity index (χ0n) is 16.8. The number of anilines is 1. The number of nitrogens with two attached hydrogens (primary N) is 2. The first kappa shape index (κ1) is 20.3. The Morgan fingerprint density at radius 3 is 2.90 bits per heavy atom. The summed E-state index contributed by atoms with van der Waals surface area (Å²) in [5, 5.41) is 9.74. The molecule has 4 rings (SSSR count). The van der Waals surface area contributed by atoms with E-state index in [0.717, 1.165) is 54.6 Å². The van der Waals surface area contributed by atoms with Crippen molar-refractivity contribution in [1.29, 1.82) is 5.26 Å². The van der Waals surface area contributed by atoms with Crippen LogP contribution in [0.25, 0.3) is 10.7 Å². The van der Waals surface area contributed by atoms with Crippen molar-refractivity contribution in [3.05, 3.63) is 64.7 Å². The normalized spacial score (nSPS) is 13.0. The van der Waals surface area contributed by atoms with Gasteiger partial charge in [-0.3, -0.25) is 9.47 Å². The van der Waals surface area contributed by atoms with Gasteiger partial charge in [-0.1, -0.05) is 30.0 Å². The number of hydrogen-bond donors (Lipinski definition) is 2. The average molecular weight is 420 g/mol. The second-order valence-corrected chi connectivity index (χ2v) is 8.56. The van der Waals surface area contributed by atoms with E-state index in [-0.39, 0.29) is 0 Å². The number of nitrogen functional groups attached to an aromatic ring is 1. The Kier molecular flexibility index (Phi) is 5.95. The summed E-state index contributed by atoms with van der Waals surface area (Å²) in [4.78, 5) is 12.0. The molecule has 30 heavy (non-hydrogen) atoms. The summed E-state index contributed by atoms with van der Waals surface area (Å²) >= 11 is 1.59. The van der Waals surface area contributed by atoms with Crippen LogP contribution in [0.4, 0.5) is 5.69 Å². The van der Waals surface area contributed by atoms with E-state index in [1.165, 1.54) is 22.3 Å². The third-order valence-electron chi connectivity index (χ3n) is 5.49. The molecule has 1 aliphatic rings. The van der Waals surface area contributed by atoms with Crippen molar-refractivity contribution in [3.63, 3.8) is 0 Å². The van der Waals surface area contributed by atoms with Gasteiger partial charge in [-0.15, -0.1) is 0 Å². The van der Waals surface area contributed by atoms with E-state index in [4.69, 9.17) is 16.7 Å². The number of nitrogens with zero attached hydrogens (tertiary/aromatic N) is 5. The summed E-state index contributed by atoms with van der Waals surface area (Å²) in [7, 11) is 0. The minimum atomic E-state index is 0.381. The number of rotatable bonds is 8. The quantitative estimate of drug-likeness (QED) is 0.543. The molecule has 0 amide bonds. The lowest BCUT2D eigenvalue weighted by Crippen LogP contribution is -2.31. The molecule has 2 heterocycles. The lowest BCUT2D eigenvalue weighted by atomic mass is 10.00. The molecule has 8 heteroatoms. The van der Waals surface area contributed by atoms with E-state index in [0.29, 0.717) is 12.2 Å². The molecule has 7 nitrogen and oxygen atoms in total. The first-order valence-corrected chi connectivity index (χ1v) is 10.8. The van der Waals surface area contributed by atoms with Crippen LogP contribution in [0.2, 0.25) is 0 Å². The third-order valence-corrected chi connectivity index (χ3v) is 6.48. The van der Waals surface area contributed by atoms with Gasteiger partial charge in [0.05, 0.1) is 0 Å². The number of imidazole rings is 1. The van der Waals surface area contributed by atoms with E-state index in [9.17, 15) is 0 Å². The van der Waals surface area contributed by atoms with Crippen LogP contribution in [0.5, 0.6) is 0 Å². The number of fused-ring (bicyclic) bond motifs is 1. The second kappa shape index (κ2) is 8.79. The third kappa shape index (κ3) is 4.14. The molecule has 4 N–H and O–H groups in total. The molecule has 0 fully saturated rings. The monoisotopic (exact) mass is 419 g/mol. The summed E-state index contributed by atoms with van der Waals surface area (Å²) < 4.78 is 1.78. The Hall–Kier alpha value is -2.99. The molecule has 0 bridgehead atoms. The zero-order valence-corrected chi connectivity index (χ0v) is 17.7. The highest BCUT2D eigenvalue weighted by Crippen LogP contribution is 2.36. The maximum absolute atomic E-state index is 8.94. The van der Waals surface area contributed by atoms with Crippen molar-refractivity contribution in [2.75, 3.05) is 25.4 Å². The molecule has 154 valence electrons. The topological polar surface area (TPSA) is 110 Å².